The van der Waals surface area contributed by atoms with E-state index in [9.17, 15) is 9.90 Å². The maximum absolute atomic E-state index is 12.2. The van der Waals surface area contributed by atoms with Crippen LogP contribution < -0.4 is 0 Å². The molecule has 19 heavy (non-hydrogen) atoms. The van der Waals surface area contributed by atoms with Crippen LogP contribution in [-0.2, 0) is 0 Å². The van der Waals surface area contributed by atoms with Gasteiger partial charge in [-0.05, 0) is 24.6 Å². The maximum atomic E-state index is 12.2. The largest absolute Gasteiger partial charge is 0.508 e. The van der Waals surface area contributed by atoms with Crippen molar-refractivity contribution in [3.8, 4) is 5.75 Å². The number of carbonyl (C=O) groups excluding carboxylic acids is 1. The zero-order chi connectivity index (χ0) is 14.0. The number of benzene rings is 1. The summed E-state index contributed by atoms with van der Waals surface area (Å²) < 4.78 is 0.229. The molecule has 1 aromatic carbocycles. The molecule has 1 heterocycles. The van der Waals surface area contributed by atoms with E-state index in [0.29, 0.717) is 5.56 Å². The molecular formula is C12H12ClN3O2S. The molecule has 1 amide bonds. The zero-order valence-corrected chi connectivity index (χ0v) is 11.9. The zero-order valence-electron chi connectivity index (χ0n) is 10.4. The standard InChI is InChI=1S/C12H12ClN3O2S/c1-7(8-5-3-4-6-9(8)17)16(2)11(18)10-14-15-12(13)19-10/h3-7,17H,1-2H3. The Labute approximate surface area is 119 Å². The fraction of sp³-hybridized carbons (Fsp3) is 0.250. The third-order valence-electron chi connectivity index (χ3n) is 2.87. The highest BCUT2D eigenvalue weighted by Crippen LogP contribution is 2.28. The summed E-state index contributed by atoms with van der Waals surface area (Å²) in [4.78, 5) is 13.7. The first-order valence-electron chi connectivity index (χ1n) is 5.54. The first kappa shape index (κ1) is 13.8. The van der Waals surface area contributed by atoms with E-state index < -0.39 is 0 Å². The molecule has 0 aliphatic heterocycles. The van der Waals surface area contributed by atoms with Gasteiger partial charge in [-0.2, -0.15) is 0 Å². The smallest absolute Gasteiger partial charge is 0.285 e. The van der Waals surface area contributed by atoms with E-state index in [1.54, 1.807) is 25.2 Å². The van der Waals surface area contributed by atoms with Crippen LogP contribution in [0.25, 0.3) is 0 Å². The molecule has 0 spiro atoms. The van der Waals surface area contributed by atoms with Gasteiger partial charge in [0.15, 0.2) is 0 Å². The highest BCUT2D eigenvalue weighted by atomic mass is 35.5. The molecule has 0 fully saturated rings. The fourth-order valence-electron chi connectivity index (χ4n) is 1.67. The van der Waals surface area contributed by atoms with Crippen molar-refractivity contribution in [3.05, 3.63) is 39.3 Å². The summed E-state index contributed by atoms with van der Waals surface area (Å²) >= 11 is 6.70. The average Bonchev–Trinajstić information content (AvgIpc) is 2.83. The number of phenols is 1. The van der Waals surface area contributed by atoms with Gasteiger partial charge in [-0.1, -0.05) is 29.5 Å². The molecule has 1 atom stereocenters. The summed E-state index contributed by atoms with van der Waals surface area (Å²) in [7, 11) is 1.65. The van der Waals surface area contributed by atoms with E-state index in [1.165, 1.54) is 4.90 Å². The van der Waals surface area contributed by atoms with Crippen molar-refractivity contribution in [1.82, 2.24) is 15.1 Å². The van der Waals surface area contributed by atoms with Gasteiger partial charge < -0.3 is 10.0 Å². The molecule has 0 bridgehead atoms. The first-order valence-corrected chi connectivity index (χ1v) is 6.74. The molecule has 7 heteroatoms. The summed E-state index contributed by atoms with van der Waals surface area (Å²) in [5.41, 5.74) is 0.675. The lowest BCUT2D eigenvalue weighted by Crippen LogP contribution is -2.29. The van der Waals surface area contributed by atoms with E-state index in [4.69, 9.17) is 11.6 Å². The van der Waals surface area contributed by atoms with Crippen LogP contribution in [0.3, 0.4) is 0 Å². The predicted molar refractivity (Wildman–Crippen MR) is 73.5 cm³/mol. The molecule has 5 nitrogen and oxygen atoms in total. The highest BCUT2D eigenvalue weighted by molar-refractivity contribution is 7.17. The van der Waals surface area contributed by atoms with Gasteiger partial charge in [0.1, 0.15) is 5.75 Å². The van der Waals surface area contributed by atoms with Gasteiger partial charge in [0.2, 0.25) is 9.47 Å². The minimum atomic E-state index is -0.281. The number of hydrogen-bond donors (Lipinski definition) is 1. The van der Waals surface area contributed by atoms with Crippen molar-refractivity contribution in [2.24, 2.45) is 0 Å². The average molecular weight is 298 g/mol. The molecular weight excluding hydrogens is 286 g/mol. The number of para-hydroxylation sites is 1. The number of carbonyl (C=O) groups is 1. The van der Waals surface area contributed by atoms with E-state index in [-0.39, 0.29) is 27.2 Å². The second-order valence-electron chi connectivity index (χ2n) is 4.01. The molecule has 0 saturated heterocycles. The van der Waals surface area contributed by atoms with E-state index in [2.05, 4.69) is 10.2 Å². The molecule has 0 aliphatic carbocycles. The minimum absolute atomic E-state index is 0.157. The van der Waals surface area contributed by atoms with Crippen LogP contribution >= 0.6 is 22.9 Å². The normalized spacial score (nSPS) is 12.2. The van der Waals surface area contributed by atoms with Crippen LogP contribution in [0.1, 0.15) is 28.3 Å². The monoisotopic (exact) mass is 297 g/mol. The lowest BCUT2D eigenvalue weighted by atomic mass is 10.1. The Morgan fingerprint density at radius 1 is 1.42 bits per heavy atom. The predicted octanol–water partition coefficient (Wildman–Crippen LogP) is 2.73. The van der Waals surface area contributed by atoms with Crippen molar-refractivity contribution >= 4 is 28.8 Å². The molecule has 2 aromatic rings. The molecule has 0 saturated carbocycles. The molecule has 1 aromatic heterocycles. The van der Waals surface area contributed by atoms with Gasteiger partial charge in [0.05, 0.1) is 6.04 Å². The maximum Gasteiger partial charge on any atom is 0.285 e. The Morgan fingerprint density at radius 2 is 2.11 bits per heavy atom. The Hall–Kier alpha value is -1.66. The SMILES string of the molecule is CC(c1ccccc1O)N(C)C(=O)c1nnc(Cl)s1. The molecule has 0 aliphatic rings. The number of nitrogens with zero attached hydrogens (tertiary/aromatic N) is 3. The number of amides is 1. The Kier molecular flexibility index (Phi) is 4.01. The molecule has 1 N–H and O–H groups in total. The Morgan fingerprint density at radius 3 is 2.68 bits per heavy atom. The second kappa shape index (κ2) is 5.54. The summed E-state index contributed by atoms with van der Waals surface area (Å²) in [5, 5.41) is 17.4. The summed E-state index contributed by atoms with van der Waals surface area (Å²) in [5.74, 6) is -0.120. The van der Waals surface area contributed by atoms with Gasteiger partial charge in [-0.3, -0.25) is 4.79 Å². The van der Waals surface area contributed by atoms with Crippen LogP contribution in [0.4, 0.5) is 0 Å². The van der Waals surface area contributed by atoms with Gasteiger partial charge in [0.25, 0.3) is 5.91 Å². The number of aromatic nitrogens is 2. The van der Waals surface area contributed by atoms with Gasteiger partial charge in [-0.25, -0.2) is 0 Å². The molecule has 2 rings (SSSR count). The number of rotatable bonds is 3. The van der Waals surface area contributed by atoms with Crippen molar-refractivity contribution < 1.29 is 9.90 Å². The lowest BCUT2D eigenvalue weighted by Gasteiger charge is -2.24. The van der Waals surface area contributed by atoms with Crippen LogP contribution in [-0.4, -0.2) is 33.2 Å². The second-order valence-corrected chi connectivity index (χ2v) is 5.57. The highest BCUT2D eigenvalue weighted by Gasteiger charge is 2.23. The van der Waals surface area contributed by atoms with E-state index in [0.717, 1.165) is 11.3 Å². The topological polar surface area (TPSA) is 66.3 Å². The summed E-state index contributed by atoms with van der Waals surface area (Å²) in [6, 6.07) is 6.63. The number of phenolic OH excluding ortho intramolecular Hbond substituents is 1. The molecule has 100 valence electrons. The number of hydrogen-bond acceptors (Lipinski definition) is 5. The Bertz CT molecular complexity index is 602. The first-order chi connectivity index (χ1) is 9.00. The van der Waals surface area contributed by atoms with Gasteiger partial charge >= 0.3 is 0 Å². The molecule has 0 radical (unpaired) electrons. The van der Waals surface area contributed by atoms with E-state index >= 15 is 0 Å². The minimum Gasteiger partial charge on any atom is -0.508 e. The number of halogens is 1. The van der Waals surface area contributed by atoms with Crippen LogP contribution in [0.5, 0.6) is 5.75 Å². The van der Waals surface area contributed by atoms with Crippen LogP contribution in [0.2, 0.25) is 4.47 Å². The van der Waals surface area contributed by atoms with Crippen LogP contribution in [0.15, 0.2) is 24.3 Å². The third-order valence-corrected chi connectivity index (χ3v) is 3.88. The van der Waals surface area contributed by atoms with Crippen molar-refractivity contribution in [2.75, 3.05) is 7.05 Å². The summed E-state index contributed by atoms with van der Waals surface area (Å²) in [6.07, 6.45) is 0. The van der Waals surface area contributed by atoms with Crippen LogP contribution in [0, 0.1) is 0 Å². The van der Waals surface area contributed by atoms with E-state index in [1.807, 2.05) is 13.0 Å². The van der Waals surface area contributed by atoms with Crippen molar-refractivity contribution in [3.63, 3.8) is 0 Å². The molecule has 1 unspecified atom stereocenters. The fourth-order valence-corrected chi connectivity index (χ4v) is 2.48. The van der Waals surface area contributed by atoms with Crippen molar-refractivity contribution in [2.45, 2.75) is 13.0 Å². The summed E-state index contributed by atoms with van der Waals surface area (Å²) in [6.45, 7) is 1.83. The lowest BCUT2D eigenvalue weighted by molar-refractivity contribution is 0.0740. The van der Waals surface area contributed by atoms with Gasteiger partial charge in [-0.15, -0.1) is 10.2 Å². The van der Waals surface area contributed by atoms with Crippen molar-refractivity contribution in [1.29, 1.82) is 0 Å². The third kappa shape index (κ3) is 2.85. The quantitative estimate of drug-likeness (QED) is 0.946. The van der Waals surface area contributed by atoms with Gasteiger partial charge in [0, 0.05) is 12.6 Å². The Balaban J connectivity index is 2.22. The number of aromatic hydroxyl groups is 1.